The lowest BCUT2D eigenvalue weighted by atomic mass is 10.2. The van der Waals surface area contributed by atoms with Gasteiger partial charge in [-0.15, -0.1) is 0 Å². The molecule has 0 fully saturated rings. The van der Waals surface area contributed by atoms with Gasteiger partial charge >= 0.3 is 0 Å². The van der Waals surface area contributed by atoms with Crippen LogP contribution in [0.1, 0.15) is 20.8 Å². The van der Waals surface area contributed by atoms with Crippen molar-refractivity contribution < 1.29 is 4.79 Å². The molecule has 0 aliphatic heterocycles. The van der Waals surface area contributed by atoms with E-state index < -0.39 is 6.04 Å². The number of hydrogen-bond acceptors (Lipinski definition) is 3. The number of amides is 1. The molecule has 1 aromatic heterocycles. The van der Waals surface area contributed by atoms with Crippen molar-refractivity contribution in [1.82, 2.24) is 10.3 Å². The summed E-state index contributed by atoms with van der Waals surface area (Å²) in [5.74, 6) is -0.0917. The molecule has 0 aromatic carbocycles. The van der Waals surface area contributed by atoms with E-state index in [1.807, 2.05) is 13.8 Å². The van der Waals surface area contributed by atoms with Gasteiger partial charge in [0, 0.05) is 6.04 Å². The molecule has 0 aliphatic rings. The standard InChI is InChI=1S/C11H15Cl2N3O/c1-6(2)14-11(17)7(3)15-8-4-5-9(12)16-10(8)13/h4-7,15H,1-3H3,(H,14,17)/t7-/m1/s1. The normalized spacial score (nSPS) is 12.4. The average molecular weight is 276 g/mol. The predicted octanol–water partition coefficient (Wildman–Crippen LogP) is 2.71. The minimum Gasteiger partial charge on any atom is -0.371 e. The smallest absolute Gasteiger partial charge is 0.242 e. The van der Waals surface area contributed by atoms with E-state index in [1.54, 1.807) is 19.1 Å². The van der Waals surface area contributed by atoms with Crippen LogP contribution in [0.4, 0.5) is 5.69 Å². The van der Waals surface area contributed by atoms with Crippen molar-refractivity contribution >= 4 is 34.8 Å². The van der Waals surface area contributed by atoms with E-state index in [2.05, 4.69) is 15.6 Å². The fraction of sp³-hybridized carbons (Fsp3) is 0.455. The van der Waals surface area contributed by atoms with Gasteiger partial charge in [-0.05, 0) is 32.9 Å². The van der Waals surface area contributed by atoms with Crippen LogP contribution in [0.5, 0.6) is 0 Å². The highest BCUT2D eigenvalue weighted by molar-refractivity contribution is 6.34. The summed E-state index contributed by atoms with van der Waals surface area (Å²) in [5, 5.41) is 6.35. The minimum absolute atomic E-state index is 0.0917. The lowest BCUT2D eigenvalue weighted by molar-refractivity contribution is -0.122. The van der Waals surface area contributed by atoms with Gasteiger partial charge in [-0.2, -0.15) is 0 Å². The van der Waals surface area contributed by atoms with E-state index in [1.165, 1.54) is 0 Å². The Morgan fingerprint density at radius 3 is 2.47 bits per heavy atom. The topological polar surface area (TPSA) is 54.0 Å². The Hall–Kier alpha value is -1.00. The number of carbonyl (C=O) groups excluding carboxylic acids is 1. The van der Waals surface area contributed by atoms with Crippen molar-refractivity contribution in [3.05, 3.63) is 22.4 Å². The zero-order chi connectivity index (χ0) is 13.0. The number of halogens is 2. The molecule has 94 valence electrons. The van der Waals surface area contributed by atoms with E-state index in [0.29, 0.717) is 10.8 Å². The van der Waals surface area contributed by atoms with Gasteiger partial charge in [-0.3, -0.25) is 4.79 Å². The van der Waals surface area contributed by atoms with Gasteiger partial charge in [0.05, 0.1) is 5.69 Å². The van der Waals surface area contributed by atoms with Crippen molar-refractivity contribution in [3.8, 4) is 0 Å². The second-order valence-electron chi connectivity index (χ2n) is 4.00. The first-order valence-corrected chi connectivity index (χ1v) is 6.04. The first-order valence-electron chi connectivity index (χ1n) is 5.29. The highest BCUT2D eigenvalue weighted by atomic mass is 35.5. The zero-order valence-corrected chi connectivity index (χ0v) is 11.4. The number of nitrogens with zero attached hydrogens (tertiary/aromatic N) is 1. The summed E-state index contributed by atoms with van der Waals surface area (Å²) in [5.41, 5.74) is 0.586. The Bertz CT molecular complexity index is 410. The molecule has 0 bridgehead atoms. The molecule has 1 rings (SSSR count). The molecule has 1 amide bonds. The summed E-state index contributed by atoms with van der Waals surface area (Å²) in [6, 6.07) is 3.02. The maximum absolute atomic E-state index is 11.7. The summed E-state index contributed by atoms with van der Waals surface area (Å²) in [6.45, 7) is 5.56. The molecule has 2 N–H and O–H groups in total. The van der Waals surface area contributed by atoms with Crippen LogP contribution < -0.4 is 10.6 Å². The van der Waals surface area contributed by atoms with Crippen LogP contribution >= 0.6 is 23.2 Å². The number of hydrogen-bond donors (Lipinski definition) is 2. The molecule has 0 radical (unpaired) electrons. The molecule has 0 saturated carbocycles. The number of pyridine rings is 1. The monoisotopic (exact) mass is 275 g/mol. The second kappa shape index (κ2) is 6.07. The van der Waals surface area contributed by atoms with Crippen LogP contribution in [0, 0.1) is 0 Å². The molecule has 0 saturated heterocycles. The van der Waals surface area contributed by atoms with Gasteiger partial charge in [-0.1, -0.05) is 23.2 Å². The SMILES string of the molecule is CC(C)NC(=O)[C@@H](C)Nc1ccc(Cl)nc1Cl. The molecule has 17 heavy (non-hydrogen) atoms. The lowest BCUT2D eigenvalue weighted by Gasteiger charge is -2.17. The molecular weight excluding hydrogens is 261 g/mol. The Morgan fingerprint density at radius 1 is 1.29 bits per heavy atom. The van der Waals surface area contributed by atoms with Crippen LogP contribution in [-0.2, 0) is 4.79 Å². The van der Waals surface area contributed by atoms with Crippen LogP contribution in [0.25, 0.3) is 0 Å². The summed E-state index contributed by atoms with van der Waals surface area (Å²) < 4.78 is 0. The number of rotatable bonds is 4. The average Bonchev–Trinajstić information content (AvgIpc) is 2.21. The van der Waals surface area contributed by atoms with Gasteiger partial charge in [0.1, 0.15) is 11.2 Å². The van der Waals surface area contributed by atoms with Crippen LogP contribution in [0.2, 0.25) is 10.3 Å². The van der Waals surface area contributed by atoms with E-state index in [-0.39, 0.29) is 17.1 Å². The Morgan fingerprint density at radius 2 is 1.94 bits per heavy atom. The molecule has 0 spiro atoms. The summed E-state index contributed by atoms with van der Waals surface area (Å²) in [7, 11) is 0. The zero-order valence-electron chi connectivity index (χ0n) is 9.92. The maximum atomic E-state index is 11.7. The molecule has 1 aromatic rings. The van der Waals surface area contributed by atoms with Crippen LogP contribution in [0.15, 0.2) is 12.1 Å². The maximum Gasteiger partial charge on any atom is 0.242 e. The van der Waals surface area contributed by atoms with Crippen molar-refractivity contribution in [2.75, 3.05) is 5.32 Å². The fourth-order valence-corrected chi connectivity index (χ4v) is 1.63. The molecule has 1 heterocycles. The molecule has 1 atom stereocenters. The van der Waals surface area contributed by atoms with E-state index in [0.717, 1.165) is 0 Å². The van der Waals surface area contributed by atoms with Gasteiger partial charge in [0.25, 0.3) is 0 Å². The number of nitrogens with one attached hydrogen (secondary N) is 2. The molecule has 6 heteroatoms. The third-order valence-corrected chi connectivity index (χ3v) is 2.51. The first-order chi connectivity index (χ1) is 7.90. The Labute approximate surface area is 111 Å². The van der Waals surface area contributed by atoms with Crippen LogP contribution in [-0.4, -0.2) is 23.0 Å². The number of anilines is 1. The quantitative estimate of drug-likeness (QED) is 0.831. The first kappa shape index (κ1) is 14.1. The van der Waals surface area contributed by atoms with Gasteiger partial charge in [0.2, 0.25) is 5.91 Å². The van der Waals surface area contributed by atoms with E-state index >= 15 is 0 Å². The number of aromatic nitrogens is 1. The molecule has 0 aliphatic carbocycles. The Balaban J connectivity index is 2.67. The van der Waals surface area contributed by atoms with Crippen molar-refractivity contribution in [3.63, 3.8) is 0 Å². The Kier molecular flexibility index (Phi) is 5.02. The van der Waals surface area contributed by atoms with Gasteiger partial charge in [-0.25, -0.2) is 4.98 Å². The highest BCUT2D eigenvalue weighted by Gasteiger charge is 2.14. The molecular formula is C11H15Cl2N3O. The fourth-order valence-electron chi connectivity index (χ4n) is 1.23. The summed E-state index contributed by atoms with van der Waals surface area (Å²) in [6.07, 6.45) is 0. The largest absolute Gasteiger partial charge is 0.371 e. The van der Waals surface area contributed by atoms with Gasteiger partial charge < -0.3 is 10.6 Å². The molecule has 4 nitrogen and oxygen atoms in total. The minimum atomic E-state index is -0.391. The van der Waals surface area contributed by atoms with Crippen molar-refractivity contribution in [2.45, 2.75) is 32.9 Å². The summed E-state index contributed by atoms with van der Waals surface area (Å²) >= 11 is 11.6. The highest BCUT2D eigenvalue weighted by Crippen LogP contribution is 2.22. The van der Waals surface area contributed by atoms with Gasteiger partial charge in [0.15, 0.2) is 5.15 Å². The second-order valence-corrected chi connectivity index (χ2v) is 4.75. The van der Waals surface area contributed by atoms with E-state index in [9.17, 15) is 4.79 Å². The third kappa shape index (κ3) is 4.40. The third-order valence-electron chi connectivity index (χ3n) is 2.01. The predicted molar refractivity (Wildman–Crippen MR) is 70.6 cm³/mol. The van der Waals surface area contributed by atoms with Crippen molar-refractivity contribution in [2.24, 2.45) is 0 Å². The number of carbonyl (C=O) groups is 1. The summed E-state index contributed by atoms with van der Waals surface area (Å²) in [4.78, 5) is 15.6. The van der Waals surface area contributed by atoms with Crippen molar-refractivity contribution in [1.29, 1.82) is 0 Å². The molecule has 0 unspecified atom stereocenters. The lowest BCUT2D eigenvalue weighted by Crippen LogP contribution is -2.41. The van der Waals surface area contributed by atoms with E-state index in [4.69, 9.17) is 23.2 Å². The van der Waals surface area contributed by atoms with Crippen LogP contribution in [0.3, 0.4) is 0 Å².